The van der Waals surface area contributed by atoms with E-state index in [0.717, 1.165) is 0 Å². The third-order valence-electron chi connectivity index (χ3n) is 3.64. The molecule has 0 aromatic heterocycles. The summed E-state index contributed by atoms with van der Waals surface area (Å²) in [5, 5.41) is 0.730. The standard InChI is InChI=1S/C18H13Cl3N2O4S2/c19-12-2-1-3-16(9-12)23-28(24,25)17-6-4-15(5-7-17)22-29(26,27)18-10-13(20)8-14(21)11-18/h1-11,22-23H. The van der Waals surface area contributed by atoms with Gasteiger partial charge in [0.15, 0.2) is 0 Å². The maximum absolute atomic E-state index is 12.5. The normalized spacial score (nSPS) is 11.8. The maximum Gasteiger partial charge on any atom is 0.261 e. The fourth-order valence-electron chi connectivity index (χ4n) is 2.37. The minimum atomic E-state index is -3.96. The molecule has 0 spiro atoms. The van der Waals surface area contributed by atoms with Crippen LogP contribution in [0.25, 0.3) is 0 Å². The van der Waals surface area contributed by atoms with Crippen LogP contribution in [0.3, 0.4) is 0 Å². The van der Waals surface area contributed by atoms with Gasteiger partial charge in [-0.25, -0.2) is 16.8 Å². The monoisotopic (exact) mass is 490 g/mol. The van der Waals surface area contributed by atoms with Crippen molar-refractivity contribution in [2.45, 2.75) is 9.79 Å². The van der Waals surface area contributed by atoms with E-state index in [-0.39, 0.29) is 25.5 Å². The first-order valence-corrected chi connectivity index (χ1v) is 12.0. The molecule has 0 unspecified atom stereocenters. The number of anilines is 2. The van der Waals surface area contributed by atoms with Gasteiger partial charge in [-0.2, -0.15) is 0 Å². The Labute approximate surface area is 183 Å². The molecule has 0 amide bonds. The number of halogens is 3. The second-order valence-corrected chi connectivity index (χ2v) is 10.5. The Hall–Kier alpha value is -1.97. The van der Waals surface area contributed by atoms with Gasteiger partial charge in [-0.15, -0.1) is 0 Å². The summed E-state index contributed by atoms with van der Waals surface area (Å²) in [5.74, 6) is 0. The molecule has 11 heteroatoms. The molecule has 0 saturated carbocycles. The molecule has 29 heavy (non-hydrogen) atoms. The topological polar surface area (TPSA) is 92.3 Å². The molecular weight excluding hydrogens is 479 g/mol. The smallest absolute Gasteiger partial charge is 0.261 e. The van der Waals surface area contributed by atoms with Crippen LogP contribution in [0.5, 0.6) is 0 Å². The fourth-order valence-corrected chi connectivity index (χ4v) is 5.39. The van der Waals surface area contributed by atoms with Gasteiger partial charge in [0.05, 0.1) is 15.5 Å². The molecule has 0 radical (unpaired) electrons. The van der Waals surface area contributed by atoms with Crippen molar-refractivity contribution in [2.24, 2.45) is 0 Å². The van der Waals surface area contributed by atoms with Crippen LogP contribution in [-0.2, 0) is 20.0 Å². The van der Waals surface area contributed by atoms with Crippen molar-refractivity contribution in [1.82, 2.24) is 0 Å². The van der Waals surface area contributed by atoms with Gasteiger partial charge in [0.25, 0.3) is 20.0 Å². The van der Waals surface area contributed by atoms with Crippen molar-refractivity contribution in [3.8, 4) is 0 Å². The van der Waals surface area contributed by atoms with Gasteiger partial charge in [0, 0.05) is 20.8 Å². The van der Waals surface area contributed by atoms with Gasteiger partial charge in [0.2, 0.25) is 0 Å². The molecule has 0 heterocycles. The lowest BCUT2D eigenvalue weighted by Gasteiger charge is -2.11. The number of nitrogens with one attached hydrogen (secondary N) is 2. The predicted octanol–water partition coefficient (Wildman–Crippen LogP) is 5.25. The van der Waals surface area contributed by atoms with Crippen LogP contribution in [0.4, 0.5) is 11.4 Å². The van der Waals surface area contributed by atoms with E-state index in [1.807, 2.05) is 0 Å². The summed E-state index contributed by atoms with van der Waals surface area (Å²) < 4.78 is 54.7. The summed E-state index contributed by atoms with van der Waals surface area (Å²) >= 11 is 17.6. The van der Waals surface area contributed by atoms with Crippen LogP contribution in [0, 0.1) is 0 Å². The van der Waals surface area contributed by atoms with Crippen LogP contribution < -0.4 is 9.44 Å². The van der Waals surface area contributed by atoms with Gasteiger partial charge in [-0.1, -0.05) is 40.9 Å². The summed E-state index contributed by atoms with van der Waals surface area (Å²) in [6, 6.07) is 15.4. The summed E-state index contributed by atoms with van der Waals surface area (Å²) in [7, 11) is -7.83. The van der Waals surface area contributed by atoms with Crippen molar-refractivity contribution in [1.29, 1.82) is 0 Å². The highest BCUT2D eigenvalue weighted by molar-refractivity contribution is 7.93. The molecule has 3 rings (SSSR count). The van der Waals surface area contributed by atoms with E-state index in [2.05, 4.69) is 9.44 Å². The molecule has 3 aromatic rings. The van der Waals surface area contributed by atoms with Crippen LogP contribution in [0.1, 0.15) is 0 Å². The van der Waals surface area contributed by atoms with Crippen molar-refractivity contribution < 1.29 is 16.8 Å². The largest absolute Gasteiger partial charge is 0.280 e. The Kier molecular flexibility index (Phi) is 6.30. The van der Waals surface area contributed by atoms with E-state index in [1.165, 1.54) is 48.5 Å². The third kappa shape index (κ3) is 5.55. The summed E-state index contributed by atoms with van der Waals surface area (Å²) in [6.07, 6.45) is 0. The van der Waals surface area contributed by atoms with Gasteiger partial charge < -0.3 is 0 Å². The summed E-state index contributed by atoms with van der Waals surface area (Å²) in [6.45, 7) is 0. The Morgan fingerprint density at radius 2 is 1.10 bits per heavy atom. The van der Waals surface area contributed by atoms with E-state index in [9.17, 15) is 16.8 Å². The van der Waals surface area contributed by atoms with Crippen molar-refractivity contribution in [3.05, 3.63) is 81.8 Å². The van der Waals surface area contributed by atoms with Crippen LogP contribution in [0.2, 0.25) is 15.1 Å². The second-order valence-electron chi connectivity index (χ2n) is 5.85. The molecule has 0 aliphatic rings. The Morgan fingerprint density at radius 1 is 0.552 bits per heavy atom. The van der Waals surface area contributed by atoms with Crippen LogP contribution >= 0.6 is 34.8 Å². The molecule has 0 fully saturated rings. The maximum atomic E-state index is 12.5. The molecule has 6 nitrogen and oxygen atoms in total. The molecular formula is C18H13Cl3N2O4S2. The lowest BCUT2D eigenvalue weighted by molar-refractivity contribution is 0.600. The Morgan fingerprint density at radius 3 is 1.69 bits per heavy atom. The quantitative estimate of drug-likeness (QED) is 0.493. The van der Waals surface area contributed by atoms with E-state index >= 15 is 0 Å². The Balaban J connectivity index is 1.80. The first-order chi connectivity index (χ1) is 13.5. The molecule has 0 saturated heterocycles. The predicted molar refractivity (Wildman–Crippen MR) is 116 cm³/mol. The van der Waals surface area contributed by atoms with Gasteiger partial charge in [-0.05, 0) is 60.7 Å². The van der Waals surface area contributed by atoms with E-state index in [1.54, 1.807) is 18.2 Å². The van der Waals surface area contributed by atoms with E-state index in [0.29, 0.717) is 10.7 Å². The number of sulfonamides is 2. The first kappa shape index (κ1) is 21.7. The number of rotatable bonds is 6. The van der Waals surface area contributed by atoms with E-state index < -0.39 is 20.0 Å². The molecule has 0 aliphatic carbocycles. The minimum Gasteiger partial charge on any atom is -0.280 e. The highest BCUT2D eigenvalue weighted by Gasteiger charge is 2.18. The SMILES string of the molecule is O=S(=O)(Nc1cccc(Cl)c1)c1ccc(NS(=O)(=O)c2cc(Cl)cc(Cl)c2)cc1. The zero-order chi connectivity index (χ0) is 21.2. The van der Waals surface area contributed by atoms with Crippen molar-refractivity contribution in [3.63, 3.8) is 0 Å². The van der Waals surface area contributed by atoms with Crippen molar-refractivity contribution >= 4 is 66.2 Å². The van der Waals surface area contributed by atoms with E-state index in [4.69, 9.17) is 34.8 Å². The molecule has 3 aromatic carbocycles. The molecule has 152 valence electrons. The highest BCUT2D eigenvalue weighted by Crippen LogP contribution is 2.25. The third-order valence-corrected chi connectivity index (χ3v) is 7.07. The second kappa shape index (κ2) is 8.41. The lowest BCUT2D eigenvalue weighted by Crippen LogP contribution is -2.14. The fraction of sp³-hybridized carbons (Fsp3) is 0. The average Bonchev–Trinajstić information content (AvgIpc) is 2.60. The summed E-state index contributed by atoms with van der Waals surface area (Å²) in [4.78, 5) is -0.166. The average molecular weight is 492 g/mol. The molecule has 0 atom stereocenters. The van der Waals surface area contributed by atoms with Gasteiger partial charge >= 0.3 is 0 Å². The van der Waals surface area contributed by atoms with Crippen LogP contribution in [-0.4, -0.2) is 16.8 Å². The minimum absolute atomic E-state index is 0.0498. The zero-order valence-corrected chi connectivity index (χ0v) is 18.3. The van der Waals surface area contributed by atoms with Crippen molar-refractivity contribution in [2.75, 3.05) is 9.44 Å². The Bertz CT molecular complexity index is 1240. The van der Waals surface area contributed by atoms with Gasteiger partial charge in [0.1, 0.15) is 0 Å². The molecule has 0 aliphatic heterocycles. The highest BCUT2D eigenvalue weighted by atomic mass is 35.5. The van der Waals surface area contributed by atoms with Crippen LogP contribution in [0.15, 0.2) is 76.5 Å². The lowest BCUT2D eigenvalue weighted by atomic mass is 10.3. The first-order valence-electron chi connectivity index (χ1n) is 7.92. The number of hydrogen-bond donors (Lipinski definition) is 2. The zero-order valence-electron chi connectivity index (χ0n) is 14.4. The number of hydrogen-bond acceptors (Lipinski definition) is 4. The molecule has 0 bridgehead atoms. The molecule has 2 N–H and O–H groups in total. The summed E-state index contributed by atoms with van der Waals surface area (Å²) in [5.41, 5.74) is 0.475. The number of benzene rings is 3. The van der Waals surface area contributed by atoms with Gasteiger partial charge in [-0.3, -0.25) is 9.44 Å².